The molecule has 4 aromatic rings. The maximum Gasteiger partial charge on any atom is 0.235 e. The number of aryl methyl sites for hydroxylation is 2. The summed E-state index contributed by atoms with van der Waals surface area (Å²) in [5, 5.41) is 0. The summed E-state index contributed by atoms with van der Waals surface area (Å²) in [6.07, 6.45) is 0. The van der Waals surface area contributed by atoms with E-state index in [1.165, 1.54) is 0 Å². The second-order valence-electron chi connectivity index (χ2n) is 7.57. The van der Waals surface area contributed by atoms with Crippen molar-refractivity contribution in [2.45, 2.75) is 27.7 Å². The quantitative estimate of drug-likeness (QED) is 0.327. The normalized spacial score (nSPS) is 10.9. The van der Waals surface area contributed by atoms with Gasteiger partial charge in [-0.2, -0.15) is 0 Å². The Balaban J connectivity index is 1.73. The van der Waals surface area contributed by atoms with Gasteiger partial charge in [-0.15, -0.1) is 0 Å². The predicted molar refractivity (Wildman–Crippen MR) is 119 cm³/mol. The van der Waals surface area contributed by atoms with E-state index >= 15 is 0 Å². The van der Waals surface area contributed by atoms with E-state index in [0.29, 0.717) is 11.1 Å². The first-order valence-electron chi connectivity index (χ1n) is 9.98. The average molecular weight is 396 g/mol. The van der Waals surface area contributed by atoms with E-state index in [0.717, 1.165) is 34.2 Å². The second-order valence-corrected chi connectivity index (χ2v) is 7.57. The van der Waals surface area contributed by atoms with Crippen LogP contribution in [0.5, 0.6) is 0 Å². The van der Waals surface area contributed by atoms with Gasteiger partial charge >= 0.3 is 0 Å². The third-order valence-corrected chi connectivity index (χ3v) is 5.59. The number of rotatable bonds is 5. The number of nitrogens with zero attached hydrogens (tertiary/aromatic N) is 2. The molecule has 150 valence electrons. The van der Waals surface area contributed by atoms with Crippen molar-refractivity contribution in [3.63, 3.8) is 0 Å². The first-order valence-corrected chi connectivity index (χ1v) is 9.98. The van der Waals surface area contributed by atoms with Crippen LogP contribution in [-0.2, 0) is 0 Å². The zero-order chi connectivity index (χ0) is 21.4. The van der Waals surface area contributed by atoms with Crippen LogP contribution in [0.15, 0.2) is 72.8 Å². The lowest BCUT2D eigenvalue weighted by Gasteiger charge is -2.10. The largest absolute Gasteiger partial charge is 0.318 e. The molecule has 0 saturated heterocycles. The fourth-order valence-corrected chi connectivity index (χ4v) is 4.18. The Morgan fingerprint density at radius 1 is 0.567 bits per heavy atom. The van der Waals surface area contributed by atoms with Crippen LogP contribution in [0.25, 0.3) is 11.4 Å². The van der Waals surface area contributed by atoms with Crippen LogP contribution in [-0.4, -0.2) is 20.7 Å². The summed E-state index contributed by atoms with van der Waals surface area (Å²) in [4.78, 5) is 26.4. The molecule has 0 radical (unpaired) electrons. The van der Waals surface area contributed by atoms with Gasteiger partial charge in [0.05, 0.1) is 0 Å². The number of carbonyl (C=O) groups is 2. The summed E-state index contributed by atoms with van der Waals surface area (Å²) in [6.45, 7) is 7.66. The lowest BCUT2D eigenvalue weighted by atomic mass is 10.0. The van der Waals surface area contributed by atoms with Gasteiger partial charge in [0, 0.05) is 45.3 Å². The molecule has 0 unspecified atom stereocenters. The SMILES string of the molecule is Cc1cc(C(=O)C(=O)c2cc(C)n(-c3ccccc3)c2C)c(C)n1-c1ccccc1. The molecule has 0 aliphatic heterocycles. The molecule has 0 fully saturated rings. The number of para-hydroxylation sites is 2. The highest BCUT2D eigenvalue weighted by Gasteiger charge is 2.27. The van der Waals surface area contributed by atoms with E-state index in [4.69, 9.17) is 0 Å². The number of benzene rings is 2. The van der Waals surface area contributed by atoms with Crippen LogP contribution in [0.3, 0.4) is 0 Å². The van der Waals surface area contributed by atoms with E-state index in [9.17, 15) is 9.59 Å². The second kappa shape index (κ2) is 7.64. The Bertz CT molecular complexity index is 1150. The summed E-state index contributed by atoms with van der Waals surface area (Å²) in [7, 11) is 0. The van der Waals surface area contributed by atoms with Gasteiger partial charge in [0.15, 0.2) is 0 Å². The Morgan fingerprint density at radius 3 is 1.23 bits per heavy atom. The van der Waals surface area contributed by atoms with Gasteiger partial charge in [-0.3, -0.25) is 9.59 Å². The predicted octanol–water partition coefficient (Wildman–Crippen LogP) is 5.57. The Morgan fingerprint density at radius 2 is 0.900 bits per heavy atom. The fraction of sp³-hybridized carbons (Fsp3) is 0.154. The number of carbonyl (C=O) groups excluding carboxylic acids is 2. The van der Waals surface area contributed by atoms with Crippen LogP contribution in [0.1, 0.15) is 43.5 Å². The molecule has 0 N–H and O–H groups in total. The topological polar surface area (TPSA) is 44.0 Å². The highest BCUT2D eigenvalue weighted by Crippen LogP contribution is 2.25. The Kier molecular flexibility index (Phi) is 5.00. The van der Waals surface area contributed by atoms with Gasteiger partial charge in [-0.1, -0.05) is 36.4 Å². The number of aromatic nitrogens is 2. The first kappa shape index (κ1) is 19.6. The van der Waals surface area contributed by atoms with Crippen molar-refractivity contribution in [2.24, 2.45) is 0 Å². The number of hydrogen-bond donors (Lipinski definition) is 0. The Labute approximate surface area is 176 Å². The monoisotopic (exact) mass is 396 g/mol. The number of Topliss-reactive ketones (excluding diaryl/α,β-unsaturated/α-hetero) is 2. The highest BCUT2D eigenvalue weighted by atomic mass is 16.2. The molecule has 0 aliphatic carbocycles. The lowest BCUT2D eigenvalue weighted by molar-refractivity contribution is 0.0816. The molecule has 4 rings (SSSR count). The van der Waals surface area contributed by atoms with Crippen molar-refractivity contribution < 1.29 is 9.59 Å². The molecule has 0 aliphatic rings. The van der Waals surface area contributed by atoms with Gasteiger partial charge in [-0.05, 0) is 64.1 Å². The zero-order valence-corrected chi connectivity index (χ0v) is 17.6. The van der Waals surface area contributed by atoms with Crippen molar-refractivity contribution in [2.75, 3.05) is 0 Å². The fourth-order valence-electron chi connectivity index (χ4n) is 4.18. The van der Waals surface area contributed by atoms with Crippen LogP contribution in [0, 0.1) is 27.7 Å². The van der Waals surface area contributed by atoms with Crippen LogP contribution >= 0.6 is 0 Å². The third-order valence-electron chi connectivity index (χ3n) is 5.59. The molecular weight excluding hydrogens is 372 g/mol. The molecule has 0 saturated carbocycles. The minimum absolute atomic E-state index is 0.450. The highest BCUT2D eigenvalue weighted by molar-refractivity contribution is 6.49. The van der Waals surface area contributed by atoms with Gasteiger partial charge < -0.3 is 9.13 Å². The third kappa shape index (κ3) is 3.20. The van der Waals surface area contributed by atoms with E-state index in [1.54, 1.807) is 12.1 Å². The first-order chi connectivity index (χ1) is 14.4. The van der Waals surface area contributed by atoms with Crippen molar-refractivity contribution in [1.82, 2.24) is 9.13 Å². The molecule has 2 aromatic heterocycles. The molecule has 2 heterocycles. The summed E-state index contributed by atoms with van der Waals surface area (Å²) < 4.78 is 4.02. The maximum absolute atomic E-state index is 13.2. The number of hydrogen-bond acceptors (Lipinski definition) is 2. The van der Waals surface area contributed by atoms with Crippen LogP contribution in [0.4, 0.5) is 0 Å². The van der Waals surface area contributed by atoms with Crippen LogP contribution in [0.2, 0.25) is 0 Å². The van der Waals surface area contributed by atoms with Crippen molar-refractivity contribution in [1.29, 1.82) is 0 Å². The Hall–Kier alpha value is -3.66. The lowest BCUT2D eigenvalue weighted by Crippen LogP contribution is -2.16. The van der Waals surface area contributed by atoms with E-state index in [2.05, 4.69) is 0 Å². The minimum Gasteiger partial charge on any atom is -0.318 e. The van der Waals surface area contributed by atoms with Gasteiger partial charge in [0.2, 0.25) is 11.6 Å². The maximum atomic E-state index is 13.2. The molecule has 2 aromatic carbocycles. The average Bonchev–Trinajstić information content (AvgIpc) is 3.22. The van der Waals surface area contributed by atoms with E-state index in [-0.39, 0.29) is 0 Å². The van der Waals surface area contributed by atoms with Gasteiger partial charge in [0.25, 0.3) is 0 Å². The van der Waals surface area contributed by atoms with Crippen molar-refractivity contribution >= 4 is 11.6 Å². The smallest absolute Gasteiger partial charge is 0.235 e. The summed E-state index contributed by atoms with van der Waals surface area (Å²) in [5.41, 5.74) is 6.23. The molecule has 4 nitrogen and oxygen atoms in total. The molecule has 30 heavy (non-hydrogen) atoms. The molecule has 0 atom stereocenters. The summed E-state index contributed by atoms with van der Waals surface area (Å²) in [6, 6.07) is 23.3. The molecule has 0 spiro atoms. The molecule has 0 bridgehead atoms. The summed E-state index contributed by atoms with van der Waals surface area (Å²) >= 11 is 0. The van der Waals surface area contributed by atoms with Crippen LogP contribution < -0.4 is 0 Å². The van der Waals surface area contributed by atoms with Gasteiger partial charge in [-0.25, -0.2) is 0 Å². The van der Waals surface area contributed by atoms with Gasteiger partial charge in [0.1, 0.15) is 0 Å². The van der Waals surface area contributed by atoms with E-state index in [1.807, 2.05) is 97.5 Å². The molecule has 4 heteroatoms. The number of ketones is 2. The molecule has 0 amide bonds. The summed E-state index contributed by atoms with van der Waals surface area (Å²) in [5.74, 6) is -0.947. The zero-order valence-electron chi connectivity index (χ0n) is 17.6. The minimum atomic E-state index is -0.474. The van der Waals surface area contributed by atoms with Crippen molar-refractivity contribution in [3.05, 3.63) is 107 Å². The van der Waals surface area contributed by atoms with Crippen molar-refractivity contribution in [3.8, 4) is 11.4 Å². The standard InChI is InChI=1S/C26H24N2O2/c1-17-15-23(19(3)27(17)21-11-7-5-8-12-21)25(29)26(30)24-16-18(2)28(20(24)4)22-13-9-6-10-14-22/h5-16H,1-4H3. The van der Waals surface area contributed by atoms with E-state index < -0.39 is 11.6 Å². The molecular formula is C26H24N2O2.